The summed E-state index contributed by atoms with van der Waals surface area (Å²) in [4.78, 5) is 28.2. The van der Waals surface area contributed by atoms with Gasteiger partial charge in [0.2, 0.25) is 0 Å². The van der Waals surface area contributed by atoms with Gasteiger partial charge in [0.15, 0.2) is 5.76 Å². The van der Waals surface area contributed by atoms with E-state index in [0.29, 0.717) is 28.3 Å². The highest BCUT2D eigenvalue weighted by Gasteiger charge is 2.24. The lowest BCUT2D eigenvalue weighted by Gasteiger charge is -2.04. The zero-order chi connectivity index (χ0) is 18.7. The number of hydrogen-bond acceptors (Lipinski definition) is 7. The van der Waals surface area contributed by atoms with Crippen molar-refractivity contribution in [3.05, 3.63) is 51.8 Å². The van der Waals surface area contributed by atoms with Gasteiger partial charge in [0.25, 0.3) is 0 Å². The summed E-state index contributed by atoms with van der Waals surface area (Å²) < 4.78 is 15.6. The Morgan fingerprint density at radius 3 is 2.77 bits per heavy atom. The fourth-order valence-electron chi connectivity index (χ4n) is 2.59. The van der Waals surface area contributed by atoms with Gasteiger partial charge in [-0.3, -0.25) is 0 Å². The third kappa shape index (κ3) is 3.55. The number of H-pyrrole nitrogens is 1. The number of nitrogens with zero attached hydrogens (tertiary/aromatic N) is 1. The van der Waals surface area contributed by atoms with Gasteiger partial charge in [-0.05, 0) is 37.8 Å². The molecule has 26 heavy (non-hydrogen) atoms. The molecule has 0 aromatic carbocycles. The summed E-state index contributed by atoms with van der Waals surface area (Å²) in [6.45, 7) is 5.34. The third-order valence-electron chi connectivity index (χ3n) is 3.80. The van der Waals surface area contributed by atoms with Crippen molar-refractivity contribution in [3.63, 3.8) is 0 Å². The van der Waals surface area contributed by atoms with Crippen LogP contribution in [-0.4, -0.2) is 28.7 Å². The Balaban J connectivity index is 1.70. The van der Waals surface area contributed by atoms with Crippen LogP contribution >= 0.6 is 11.3 Å². The standard InChI is InChI=1S/C18H18N2O5S/c1-4-23-18(22)16-10(2)15(11(3)19-16)17(21)24-9-12-8-13(25-20-12)14-6-5-7-26-14/h5-8,19H,4,9H2,1-3H3. The molecule has 3 aromatic rings. The molecule has 136 valence electrons. The molecule has 0 aliphatic heterocycles. The Kier molecular flexibility index (Phi) is 5.22. The maximum Gasteiger partial charge on any atom is 0.355 e. The Labute approximate surface area is 153 Å². The molecule has 0 fully saturated rings. The van der Waals surface area contributed by atoms with Crippen LogP contribution in [0.5, 0.6) is 0 Å². The summed E-state index contributed by atoms with van der Waals surface area (Å²) in [5.41, 5.74) is 2.16. The molecule has 0 aliphatic rings. The quantitative estimate of drug-likeness (QED) is 0.658. The molecule has 0 amide bonds. The highest BCUT2D eigenvalue weighted by atomic mass is 32.1. The minimum atomic E-state index is -0.535. The number of rotatable bonds is 6. The SMILES string of the molecule is CCOC(=O)c1[nH]c(C)c(C(=O)OCc2cc(-c3cccs3)on2)c1C. The average Bonchev–Trinajstić information content (AvgIpc) is 3.33. The number of aryl methyl sites for hydroxylation is 1. The van der Waals surface area contributed by atoms with Crippen LogP contribution in [0.3, 0.4) is 0 Å². The van der Waals surface area contributed by atoms with Gasteiger partial charge in [0.1, 0.15) is 18.0 Å². The van der Waals surface area contributed by atoms with Crippen molar-refractivity contribution in [1.82, 2.24) is 10.1 Å². The van der Waals surface area contributed by atoms with Crippen molar-refractivity contribution in [1.29, 1.82) is 0 Å². The minimum Gasteiger partial charge on any atom is -0.461 e. The van der Waals surface area contributed by atoms with E-state index in [-0.39, 0.29) is 18.9 Å². The number of aromatic nitrogens is 2. The first-order valence-corrected chi connectivity index (χ1v) is 8.92. The number of carbonyl (C=O) groups is 2. The summed E-state index contributed by atoms with van der Waals surface area (Å²) in [5, 5.41) is 5.85. The Bertz CT molecular complexity index is 924. The fraction of sp³-hybridized carbons (Fsp3) is 0.278. The number of ether oxygens (including phenoxy) is 2. The first-order valence-electron chi connectivity index (χ1n) is 8.04. The molecule has 0 radical (unpaired) electrons. The molecule has 0 atom stereocenters. The molecule has 7 nitrogen and oxygen atoms in total. The molecule has 8 heteroatoms. The lowest BCUT2D eigenvalue weighted by Crippen LogP contribution is -2.09. The van der Waals surface area contributed by atoms with E-state index in [4.69, 9.17) is 14.0 Å². The lowest BCUT2D eigenvalue weighted by molar-refractivity contribution is 0.0463. The normalized spacial score (nSPS) is 10.7. The predicted octanol–water partition coefficient (Wildman–Crippen LogP) is 3.88. The molecular formula is C18H18N2O5S. The lowest BCUT2D eigenvalue weighted by atomic mass is 10.1. The number of thiophene rings is 1. The molecule has 3 rings (SSSR count). The van der Waals surface area contributed by atoms with Gasteiger partial charge in [-0.15, -0.1) is 11.3 Å². The van der Waals surface area contributed by atoms with Crippen molar-refractivity contribution in [2.75, 3.05) is 6.61 Å². The van der Waals surface area contributed by atoms with E-state index in [2.05, 4.69) is 10.1 Å². The van der Waals surface area contributed by atoms with Crippen LogP contribution in [0.2, 0.25) is 0 Å². The van der Waals surface area contributed by atoms with Crippen LogP contribution in [-0.2, 0) is 16.1 Å². The first kappa shape index (κ1) is 17.9. The van der Waals surface area contributed by atoms with Gasteiger partial charge in [0, 0.05) is 11.8 Å². The van der Waals surface area contributed by atoms with Crippen LogP contribution in [0.25, 0.3) is 10.6 Å². The second kappa shape index (κ2) is 7.57. The van der Waals surface area contributed by atoms with Gasteiger partial charge in [-0.2, -0.15) is 0 Å². The Morgan fingerprint density at radius 1 is 1.27 bits per heavy atom. The topological polar surface area (TPSA) is 94.4 Å². The molecule has 3 aromatic heterocycles. The summed E-state index contributed by atoms with van der Waals surface area (Å²) in [6.07, 6.45) is 0. The minimum absolute atomic E-state index is 0.0213. The summed E-state index contributed by atoms with van der Waals surface area (Å²) >= 11 is 1.53. The maximum atomic E-state index is 12.4. The molecule has 0 saturated carbocycles. The average molecular weight is 374 g/mol. The Hall–Kier alpha value is -2.87. The number of nitrogens with one attached hydrogen (secondary N) is 1. The number of carbonyl (C=O) groups excluding carboxylic acids is 2. The van der Waals surface area contributed by atoms with E-state index in [0.717, 1.165) is 4.88 Å². The fourth-order valence-corrected chi connectivity index (χ4v) is 3.26. The van der Waals surface area contributed by atoms with Crippen molar-refractivity contribution >= 4 is 23.3 Å². The number of aromatic amines is 1. The molecule has 3 heterocycles. The zero-order valence-electron chi connectivity index (χ0n) is 14.6. The zero-order valence-corrected chi connectivity index (χ0v) is 15.4. The van der Waals surface area contributed by atoms with Gasteiger partial charge < -0.3 is 19.0 Å². The second-order valence-corrected chi connectivity index (χ2v) is 6.53. The largest absolute Gasteiger partial charge is 0.461 e. The molecular weight excluding hydrogens is 356 g/mol. The maximum absolute atomic E-state index is 12.4. The van der Waals surface area contributed by atoms with E-state index < -0.39 is 11.9 Å². The van der Waals surface area contributed by atoms with Crippen LogP contribution in [0.1, 0.15) is 44.7 Å². The van der Waals surface area contributed by atoms with Crippen molar-refractivity contribution in [2.45, 2.75) is 27.4 Å². The molecule has 0 unspecified atom stereocenters. The van der Waals surface area contributed by atoms with Crippen LogP contribution in [0, 0.1) is 13.8 Å². The predicted molar refractivity (Wildman–Crippen MR) is 95.2 cm³/mol. The van der Waals surface area contributed by atoms with Crippen LogP contribution in [0.15, 0.2) is 28.1 Å². The molecule has 0 saturated heterocycles. The van der Waals surface area contributed by atoms with E-state index in [1.54, 1.807) is 26.8 Å². The van der Waals surface area contributed by atoms with Gasteiger partial charge in [-0.25, -0.2) is 9.59 Å². The Morgan fingerprint density at radius 2 is 2.08 bits per heavy atom. The highest BCUT2D eigenvalue weighted by molar-refractivity contribution is 7.13. The second-order valence-electron chi connectivity index (χ2n) is 5.58. The van der Waals surface area contributed by atoms with Crippen molar-refractivity contribution < 1.29 is 23.6 Å². The van der Waals surface area contributed by atoms with E-state index >= 15 is 0 Å². The third-order valence-corrected chi connectivity index (χ3v) is 4.68. The molecule has 0 bridgehead atoms. The molecule has 0 spiro atoms. The van der Waals surface area contributed by atoms with Crippen molar-refractivity contribution in [3.8, 4) is 10.6 Å². The smallest absolute Gasteiger partial charge is 0.355 e. The van der Waals surface area contributed by atoms with Crippen LogP contribution in [0.4, 0.5) is 0 Å². The van der Waals surface area contributed by atoms with Crippen LogP contribution < -0.4 is 0 Å². The van der Waals surface area contributed by atoms with E-state index in [1.807, 2.05) is 17.5 Å². The van der Waals surface area contributed by atoms with E-state index in [9.17, 15) is 9.59 Å². The van der Waals surface area contributed by atoms with Gasteiger partial charge in [0.05, 0.1) is 17.0 Å². The molecule has 0 aliphatic carbocycles. The van der Waals surface area contributed by atoms with E-state index in [1.165, 1.54) is 11.3 Å². The highest BCUT2D eigenvalue weighted by Crippen LogP contribution is 2.26. The van der Waals surface area contributed by atoms with Gasteiger partial charge >= 0.3 is 11.9 Å². The summed E-state index contributed by atoms with van der Waals surface area (Å²) in [5.74, 6) is -0.402. The number of hydrogen-bond donors (Lipinski definition) is 1. The molecule has 1 N–H and O–H groups in total. The van der Waals surface area contributed by atoms with Crippen molar-refractivity contribution in [2.24, 2.45) is 0 Å². The summed E-state index contributed by atoms with van der Waals surface area (Å²) in [7, 11) is 0. The number of esters is 2. The van der Waals surface area contributed by atoms with Gasteiger partial charge in [-0.1, -0.05) is 11.2 Å². The first-order chi connectivity index (χ1) is 12.5. The summed E-state index contributed by atoms with van der Waals surface area (Å²) in [6, 6.07) is 5.57. The monoisotopic (exact) mass is 374 g/mol.